The van der Waals surface area contributed by atoms with Gasteiger partial charge in [0.1, 0.15) is 4.88 Å². The second-order valence-electron chi connectivity index (χ2n) is 4.98. The van der Waals surface area contributed by atoms with Gasteiger partial charge < -0.3 is 15.2 Å². The number of aromatic amines is 1. The highest BCUT2D eigenvalue weighted by Crippen LogP contribution is 2.39. The molecule has 0 aliphatic carbocycles. The molecule has 0 saturated heterocycles. The molecular formula is C16H9NO4S. The molecule has 6 heteroatoms. The van der Waals surface area contributed by atoms with Gasteiger partial charge in [-0.15, -0.1) is 11.3 Å². The third-order valence-electron chi connectivity index (χ3n) is 3.71. The van der Waals surface area contributed by atoms with E-state index in [1.807, 2.05) is 24.3 Å². The normalized spacial score (nSPS) is 11.5. The lowest BCUT2D eigenvalue weighted by Gasteiger charge is -1.99. The van der Waals surface area contributed by atoms with Crippen LogP contribution >= 0.6 is 11.3 Å². The summed E-state index contributed by atoms with van der Waals surface area (Å²) in [5, 5.41) is 20.9. The minimum absolute atomic E-state index is 0.109. The van der Waals surface area contributed by atoms with Crippen LogP contribution in [0.25, 0.3) is 31.9 Å². The second kappa shape index (κ2) is 4.32. The molecule has 5 nitrogen and oxygen atoms in total. The van der Waals surface area contributed by atoms with Crippen molar-refractivity contribution in [1.29, 1.82) is 0 Å². The predicted molar refractivity (Wildman–Crippen MR) is 85.1 cm³/mol. The van der Waals surface area contributed by atoms with Crippen LogP contribution in [0.2, 0.25) is 0 Å². The number of thiophene rings is 1. The molecule has 0 saturated carbocycles. The number of fused-ring (bicyclic) bond motifs is 5. The van der Waals surface area contributed by atoms with Gasteiger partial charge in [-0.25, -0.2) is 9.59 Å². The minimum Gasteiger partial charge on any atom is -0.478 e. The number of hydrogen-bond donors (Lipinski definition) is 3. The number of carbonyl (C=O) groups is 2. The first-order valence-corrected chi connectivity index (χ1v) is 7.31. The van der Waals surface area contributed by atoms with E-state index in [2.05, 4.69) is 4.98 Å². The van der Waals surface area contributed by atoms with Gasteiger partial charge in [0, 0.05) is 31.9 Å². The Balaban J connectivity index is 2.28. The van der Waals surface area contributed by atoms with Gasteiger partial charge in [0.15, 0.2) is 0 Å². The molecule has 2 aromatic carbocycles. The fourth-order valence-corrected chi connectivity index (χ4v) is 3.88. The molecule has 0 bridgehead atoms. The van der Waals surface area contributed by atoms with E-state index >= 15 is 0 Å². The Kier molecular flexibility index (Phi) is 2.52. The number of rotatable bonds is 2. The van der Waals surface area contributed by atoms with Crippen LogP contribution in [0, 0.1) is 0 Å². The summed E-state index contributed by atoms with van der Waals surface area (Å²) in [6.45, 7) is 0. The minimum atomic E-state index is -1.07. The second-order valence-corrected chi connectivity index (χ2v) is 6.03. The molecular weight excluding hydrogens is 302 g/mol. The zero-order valence-corrected chi connectivity index (χ0v) is 11.9. The summed E-state index contributed by atoms with van der Waals surface area (Å²) in [7, 11) is 0. The van der Waals surface area contributed by atoms with Gasteiger partial charge in [-0.2, -0.15) is 0 Å². The number of carboxylic acid groups (broad SMARTS) is 2. The number of H-pyrrole nitrogens is 1. The van der Waals surface area contributed by atoms with Crippen molar-refractivity contribution in [3.8, 4) is 0 Å². The Morgan fingerprint density at radius 2 is 1.73 bits per heavy atom. The molecule has 0 atom stereocenters. The van der Waals surface area contributed by atoms with Crippen LogP contribution in [0.1, 0.15) is 20.0 Å². The SMILES string of the molecule is O=C(O)c1cc2c(C(=O)O)cc3[nH]c4ccccc4c3c2s1. The monoisotopic (exact) mass is 311 g/mol. The van der Waals surface area contributed by atoms with E-state index in [-0.39, 0.29) is 10.4 Å². The van der Waals surface area contributed by atoms with E-state index in [0.717, 1.165) is 27.6 Å². The van der Waals surface area contributed by atoms with Gasteiger partial charge >= 0.3 is 11.9 Å². The molecule has 4 aromatic rings. The van der Waals surface area contributed by atoms with Gasteiger partial charge in [-0.05, 0) is 18.2 Å². The first-order valence-electron chi connectivity index (χ1n) is 6.50. The van der Waals surface area contributed by atoms with E-state index in [4.69, 9.17) is 0 Å². The largest absolute Gasteiger partial charge is 0.478 e. The summed E-state index contributed by atoms with van der Waals surface area (Å²) < 4.78 is 0.685. The number of hydrogen-bond acceptors (Lipinski definition) is 3. The Hall–Kier alpha value is -2.86. The summed E-state index contributed by atoms with van der Waals surface area (Å²) in [6.07, 6.45) is 0. The van der Waals surface area contributed by atoms with Crippen LogP contribution < -0.4 is 0 Å². The molecule has 0 unspecified atom stereocenters. The third-order valence-corrected chi connectivity index (χ3v) is 4.85. The van der Waals surface area contributed by atoms with Crippen molar-refractivity contribution in [1.82, 2.24) is 4.98 Å². The first kappa shape index (κ1) is 12.8. The lowest BCUT2D eigenvalue weighted by atomic mass is 10.1. The summed E-state index contributed by atoms with van der Waals surface area (Å²) in [4.78, 5) is 26.1. The van der Waals surface area contributed by atoms with E-state index < -0.39 is 11.9 Å². The van der Waals surface area contributed by atoms with Crippen molar-refractivity contribution in [2.45, 2.75) is 0 Å². The van der Waals surface area contributed by atoms with Crippen LogP contribution in [0.15, 0.2) is 36.4 Å². The average molecular weight is 311 g/mol. The molecule has 0 amide bonds. The fraction of sp³-hybridized carbons (Fsp3) is 0. The third kappa shape index (κ3) is 1.64. The maximum atomic E-state index is 11.5. The lowest BCUT2D eigenvalue weighted by Crippen LogP contribution is -1.96. The van der Waals surface area contributed by atoms with Gasteiger partial charge in [0.2, 0.25) is 0 Å². The first-order chi connectivity index (χ1) is 10.6. The van der Waals surface area contributed by atoms with Crippen molar-refractivity contribution < 1.29 is 19.8 Å². The number of aromatic nitrogens is 1. The quantitative estimate of drug-likeness (QED) is 0.523. The Labute approximate surface area is 127 Å². The maximum absolute atomic E-state index is 11.5. The van der Waals surface area contributed by atoms with Gasteiger partial charge in [-0.1, -0.05) is 18.2 Å². The summed E-state index contributed by atoms with van der Waals surface area (Å²) in [5.41, 5.74) is 1.70. The van der Waals surface area contributed by atoms with Gasteiger partial charge in [-0.3, -0.25) is 0 Å². The van der Waals surface area contributed by atoms with Crippen molar-refractivity contribution in [3.63, 3.8) is 0 Å². The molecule has 0 fully saturated rings. The van der Waals surface area contributed by atoms with E-state index in [1.165, 1.54) is 6.07 Å². The van der Waals surface area contributed by atoms with Crippen molar-refractivity contribution in [3.05, 3.63) is 46.8 Å². The summed E-state index contributed by atoms with van der Waals surface area (Å²) >= 11 is 1.10. The van der Waals surface area contributed by atoms with Crippen LogP contribution in [-0.2, 0) is 0 Å². The highest BCUT2D eigenvalue weighted by molar-refractivity contribution is 7.21. The molecule has 0 aliphatic rings. The average Bonchev–Trinajstić information content (AvgIpc) is 3.06. The zero-order valence-electron chi connectivity index (χ0n) is 11.1. The molecule has 2 heterocycles. The smallest absolute Gasteiger partial charge is 0.345 e. The van der Waals surface area contributed by atoms with E-state index in [9.17, 15) is 19.8 Å². The standard InChI is InChI=1S/C16H9NO4S/c18-15(19)9-5-11-13(7-3-1-2-4-10(7)17-11)14-8(9)6-12(22-14)16(20)21/h1-6,17H,(H,18,19)(H,20,21). The summed E-state index contributed by atoms with van der Waals surface area (Å²) in [5.74, 6) is -2.12. The van der Waals surface area contributed by atoms with Crippen molar-refractivity contribution in [2.75, 3.05) is 0 Å². The fourth-order valence-electron chi connectivity index (χ4n) is 2.80. The molecule has 108 valence electrons. The van der Waals surface area contributed by atoms with Crippen LogP contribution in [0.4, 0.5) is 0 Å². The van der Waals surface area contributed by atoms with E-state index in [0.29, 0.717) is 15.6 Å². The highest BCUT2D eigenvalue weighted by atomic mass is 32.1. The molecule has 3 N–H and O–H groups in total. The molecule has 2 aromatic heterocycles. The van der Waals surface area contributed by atoms with Crippen molar-refractivity contribution >= 4 is 55.2 Å². The number of para-hydroxylation sites is 1. The molecule has 0 aliphatic heterocycles. The number of carboxylic acids is 2. The van der Waals surface area contributed by atoms with Crippen LogP contribution in [0.3, 0.4) is 0 Å². The van der Waals surface area contributed by atoms with Crippen molar-refractivity contribution in [2.24, 2.45) is 0 Å². The Bertz CT molecular complexity index is 1090. The molecule has 0 spiro atoms. The van der Waals surface area contributed by atoms with Crippen LogP contribution in [-0.4, -0.2) is 27.1 Å². The maximum Gasteiger partial charge on any atom is 0.345 e. The Morgan fingerprint density at radius 1 is 0.955 bits per heavy atom. The number of benzene rings is 2. The van der Waals surface area contributed by atoms with E-state index in [1.54, 1.807) is 6.07 Å². The molecule has 22 heavy (non-hydrogen) atoms. The Morgan fingerprint density at radius 3 is 2.45 bits per heavy atom. The topological polar surface area (TPSA) is 90.4 Å². The van der Waals surface area contributed by atoms with Gasteiger partial charge in [0.25, 0.3) is 0 Å². The highest BCUT2D eigenvalue weighted by Gasteiger charge is 2.19. The van der Waals surface area contributed by atoms with Crippen LogP contribution in [0.5, 0.6) is 0 Å². The number of nitrogens with one attached hydrogen (secondary N) is 1. The predicted octanol–water partition coefficient (Wildman–Crippen LogP) is 3.93. The van der Waals surface area contributed by atoms with Gasteiger partial charge in [0.05, 0.1) is 5.56 Å². The summed E-state index contributed by atoms with van der Waals surface area (Å²) in [6, 6.07) is 10.6. The zero-order chi connectivity index (χ0) is 15.4. The number of aromatic carboxylic acids is 2. The molecule has 4 rings (SSSR count). The lowest BCUT2D eigenvalue weighted by molar-refractivity contribution is 0.0688. The molecule has 0 radical (unpaired) electrons.